The van der Waals surface area contributed by atoms with E-state index < -0.39 is 0 Å². The van der Waals surface area contributed by atoms with E-state index in [0.29, 0.717) is 0 Å². The van der Waals surface area contributed by atoms with Crippen LogP contribution < -0.4 is 11.1 Å². The molecule has 0 saturated carbocycles. The lowest BCUT2D eigenvalue weighted by molar-refractivity contribution is 1.18. The first-order valence-corrected chi connectivity index (χ1v) is 16.9. The van der Waals surface area contributed by atoms with E-state index in [1.54, 1.807) is 6.20 Å². The lowest BCUT2D eigenvalue weighted by atomic mass is 9.97. The molecule has 0 bridgehead atoms. The van der Waals surface area contributed by atoms with Crippen LogP contribution in [0.15, 0.2) is 182 Å². The molecule has 0 fully saturated rings. The van der Waals surface area contributed by atoms with Crippen molar-refractivity contribution >= 4 is 61.2 Å². The zero-order valence-corrected chi connectivity index (χ0v) is 27.4. The van der Waals surface area contributed by atoms with Crippen LogP contribution in [0.1, 0.15) is 0 Å². The van der Waals surface area contributed by atoms with Gasteiger partial charge in [0, 0.05) is 55.9 Å². The van der Waals surface area contributed by atoms with Gasteiger partial charge in [-0.15, -0.1) is 0 Å². The zero-order chi connectivity index (χ0) is 33.4. The Morgan fingerprint density at radius 1 is 0.500 bits per heavy atom. The molecule has 0 aliphatic carbocycles. The fourth-order valence-electron chi connectivity index (χ4n) is 7.44. The van der Waals surface area contributed by atoms with Crippen LogP contribution in [0, 0.1) is 0 Å². The smallest absolute Gasteiger partial charge is 0.0641 e. The average Bonchev–Trinajstić information content (AvgIpc) is 3.68. The molecule has 0 amide bonds. The zero-order valence-electron chi connectivity index (χ0n) is 27.4. The monoisotopic (exact) mass is 642 g/mol. The van der Waals surface area contributed by atoms with Crippen molar-refractivity contribution in [2.24, 2.45) is 5.73 Å². The summed E-state index contributed by atoms with van der Waals surface area (Å²) in [5.41, 5.74) is 18.3. The summed E-state index contributed by atoms with van der Waals surface area (Å²) >= 11 is 0. The number of anilines is 2. The number of aromatic nitrogens is 2. The summed E-state index contributed by atoms with van der Waals surface area (Å²) in [6.45, 7) is 0. The van der Waals surface area contributed by atoms with Crippen molar-refractivity contribution in [3.05, 3.63) is 182 Å². The quantitative estimate of drug-likeness (QED) is 0.170. The Balaban J connectivity index is 1.36. The van der Waals surface area contributed by atoms with Gasteiger partial charge in [-0.1, -0.05) is 115 Å². The highest BCUT2D eigenvalue weighted by Crippen LogP contribution is 2.46. The number of hydrogen-bond acceptors (Lipinski definition) is 2. The number of rotatable bonds is 7. The van der Waals surface area contributed by atoms with E-state index in [1.165, 1.54) is 43.7 Å². The van der Waals surface area contributed by atoms with Crippen molar-refractivity contribution in [2.75, 3.05) is 5.32 Å². The summed E-state index contributed by atoms with van der Waals surface area (Å²) in [7, 11) is 0. The first-order valence-electron chi connectivity index (χ1n) is 16.9. The van der Waals surface area contributed by atoms with Crippen molar-refractivity contribution in [3.63, 3.8) is 0 Å². The Hall–Kier alpha value is -6.78. The SMILES string of the molecule is N/C=C\C=C/n1c2ccccc2c2cc(-c3cccc(Nc4ccccc4-c4ccccc4)c3)c3c(c4ccccc4n3-c3ccccc3)c21. The Kier molecular flexibility index (Phi) is 7.25. The average molecular weight is 643 g/mol. The molecule has 50 heavy (non-hydrogen) atoms. The van der Waals surface area contributed by atoms with E-state index in [1.807, 2.05) is 12.2 Å². The third kappa shape index (κ3) is 4.85. The molecule has 4 nitrogen and oxygen atoms in total. The van der Waals surface area contributed by atoms with Crippen LogP contribution in [0.3, 0.4) is 0 Å². The van der Waals surface area contributed by atoms with Crippen LogP contribution in [-0.4, -0.2) is 9.13 Å². The van der Waals surface area contributed by atoms with Crippen LogP contribution in [0.25, 0.3) is 77.8 Å². The number of allylic oxidation sites excluding steroid dienone is 2. The molecule has 0 unspecified atom stereocenters. The topological polar surface area (TPSA) is 47.9 Å². The molecule has 238 valence electrons. The number of para-hydroxylation sites is 4. The predicted molar refractivity (Wildman–Crippen MR) is 213 cm³/mol. The van der Waals surface area contributed by atoms with E-state index in [0.717, 1.165) is 39.2 Å². The molecule has 0 atom stereocenters. The van der Waals surface area contributed by atoms with Crippen molar-refractivity contribution < 1.29 is 0 Å². The molecule has 0 aliphatic rings. The lowest BCUT2D eigenvalue weighted by Crippen LogP contribution is -1.97. The van der Waals surface area contributed by atoms with Gasteiger partial charge < -0.3 is 20.2 Å². The molecule has 9 rings (SSSR count). The lowest BCUT2D eigenvalue weighted by Gasteiger charge is -2.15. The normalized spacial score (nSPS) is 11.9. The van der Waals surface area contributed by atoms with E-state index >= 15 is 0 Å². The van der Waals surface area contributed by atoms with Crippen molar-refractivity contribution in [3.8, 4) is 27.9 Å². The van der Waals surface area contributed by atoms with Gasteiger partial charge in [0.15, 0.2) is 0 Å². The second-order valence-electron chi connectivity index (χ2n) is 12.5. The van der Waals surface area contributed by atoms with E-state index in [9.17, 15) is 0 Å². The Morgan fingerprint density at radius 3 is 2.00 bits per heavy atom. The summed E-state index contributed by atoms with van der Waals surface area (Å²) in [6, 6.07) is 58.3. The van der Waals surface area contributed by atoms with E-state index in [-0.39, 0.29) is 0 Å². The van der Waals surface area contributed by atoms with Gasteiger partial charge in [0.05, 0.1) is 22.1 Å². The maximum absolute atomic E-state index is 5.76. The molecule has 0 spiro atoms. The Morgan fingerprint density at radius 2 is 1.18 bits per heavy atom. The second-order valence-corrected chi connectivity index (χ2v) is 12.5. The third-order valence-electron chi connectivity index (χ3n) is 9.54. The van der Waals surface area contributed by atoms with Crippen LogP contribution in [0.5, 0.6) is 0 Å². The fraction of sp³-hybridized carbons (Fsp3) is 0. The molecule has 0 saturated heterocycles. The van der Waals surface area contributed by atoms with Gasteiger partial charge in [0.2, 0.25) is 0 Å². The minimum atomic E-state index is 1.03. The van der Waals surface area contributed by atoms with Gasteiger partial charge in [-0.3, -0.25) is 0 Å². The van der Waals surface area contributed by atoms with Gasteiger partial charge in [-0.25, -0.2) is 0 Å². The first kappa shape index (κ1) is 29.4. The van der Waals surface area contributed by atoms with Gasteiger partial charge in [-0.2, -0.15) is 0 Å². The van der Waals surface area contributed by atoms with Crippen LogP contribution >= 0.6 is 0 Å². The summed E-state index contributed by atoms with van der Waals surface area (Å²) in [6.07, 6.45) is 7.56. The molecule has 0 radical (unpaired) electrons. The van der Waals surface area contributed by atoms with Crippen molar-refractivity contribution in [1.82, 2.24) is 9.13 Å². The standard InChI is InChI=1S/C46H34N4/c47-28-13-14-29-49-42-26-11-8-23-37(42)40-31-39(46-44(45(40)49)38-24-9-12-27-43(38)50(46)35-20-5-2-6-21-35)33-18-15-19-34(30-33)48-41-25-10-7-22-36(41)32-16-3-1-4-17-32/h1-31,48H,47H2/b28-13-,29-14-. The minimum absolute atomic E-state index is 1.03. The maximum atomic E-state index is 5.76. The summed E-state index contributed by atoms with van der Waals surface area (Å²) in [5.74, 6) is 0. The molecule has 0 aliphatic heterocycles. The van der Waals surface area contributed by atoms with Gasteiger partial charge in [0.1, 0.15) is 0 Å². The Labute approximate surface area is 290 Å². The summed E-state index contributed by atoms with van der Waals surface area (Å²) < 4.78 is 4.74. The van der Waals surface area contributed by atoms with Crippen LogP contribution in [0.2, 0.25) is 0 Å². The van der Waals surface area contributed by atoms with Crippen LogP contribution in [-0.2, 0) is 0 Å². The summed E-state index contributed by atoms with van der Waals surface area (Å²) in [5, 5.41) is 8.59. The molecule has 4 heteroatoms. The number of nitrogens with one attached hydrogen (secondary N) is 1. The fourth-order valence-corrected chi connectivity index (χ4v) is 7.44. The number of fused-ring (bicyclic) bond motifs is 7. The van der Waals surface area contributed by atoms with Crippen molar-refractivity contribution in [1.29, 1.82) is 0 Å². The molecule has 2 aromatic heterocycles. The first-order chi connectivity index (χ1) is 24.8. The van der Waals surface area contributed by atoms with E-state index in [2.05, 4.69) is 184 Å². The molecule has 2 heterocycles. The largest absolute Gasteiger partial charge is 0.405 e. The highest BCUT2D eigenvalue weighted by Gasteiger charge is 2.23. The van der Waals surface area contributed by atoms with Gasteiger partial charge in [-0.05, 0) is 78.0 Å². The predicted octanol–water partition coefficient (Wildman–Crippen LogP) is 11.9. The van der Waals surface area contributed by atoms with Gasteiger partial charge >= 0.3 is 0 Å². The third-order valence-corrected chi connectivity index (χ3v) is 9.54. The molecule has 7 aromatic carbocycles. The molecule has 3 N–H and O–H groups in total. The molecule has 9 aromatic rings. The maximum Gasteiger partial charge on any atom is 0.0641 e. The van der Waals surface area contributed by atoms with Crippen LogP contribution in [0.4, 0.5) is 11.4 Å². The summed E-state index contributed by atoms with van der Waals surface area (Å²) in [4.78, 5) is 0. The molecular weight excluding hydrogens is 609 g/mol. The number of nitrogens with zero attached hydrogens (tertiary/aromatic N) is 2. The van der Waals surface area contributed by atoms with Crippen molar-refractivity contribution in [2.45, 2.75) is 0 Å². The second kappa shape index (κ2) is 12.3. The highest BCUT2D eigenvalue weighted by atomic mass is 15.0. The Bertz CT molecular complexity index is 2730. The molecular formula is C46H34N4. The number of hydrogen-bond donors (Lipinski definition) is 2. The van der Waals surface area contributed by atoms with Gasteiger partial charge in [0.25, 0.3) is 0 Å². The number of nitrogens with two attached hydrogens (primary N) is 1. The number of benzene rings is 7. The highest BCUT2D eigenvalue weighted by molar-refractivity contribution is 6.29. The minimum Gasteiger partial charge on any atom is -0.405 e. The van der Waals surface area contributed by atoms with E-state index in [4.69, 9.17) is 5.73 Å².